The van der Waals surface area contributed by atoms with Crippen LogP contribution >= 0.6 is 0 Å². The van der Waals surface area contributed by atoms with Crippen LogP contribution in [-0.4, -0.2) is 43.5 Å². The summed E-state index contributed by atoms with van der Waals surface area (Å²) in [5.41, 5.74) is 1.29. The number of amides is 2. The molecule has 6 nitrogen and oxygen atoms in total. The third-order valence-corrected chi connectivity index (χ3v) is 5.24. The van der Waals surface area contributed by atoms with E-state index in [0.29, 0.717) is 32.0 Å². The lowest BCUT2D eigenvalue weighted by atomic mass is 9.88. The van der Waals surface area contributed by atoms with E-state index in [-0.39, 0.29) is 11.8 Å². The molecular formula is C23H28N2O4. The standard InChI is InChI=1S/C23H28N2O4/c1-23(2,22(27)25-14-12-17-6-4-5-7-18(17)16-25)21(26)24-13-15-29-20-10-8-19(28-3)9-11-20/h4-11H,12-16H2,1-3H3,(H,24,26). The highest BCUT2D eigenvalue weighted by Crippen LogP contribution is 2.25. The number of benzene rings is 2. The maximum atomic E-state index is 13.0. The Balaban J connectivity index is 1.49. The van der Waals surface area contributed by atoms with Gasteiger partial charge in [0.2, 0.25) is 11.8 Å². The van der Waals surface area contributed by atoms with Crippen LogP contribution in [0.25, 0.3) is 0 Å². The number of carbonyl (C=O) groups excluding carboxylic acids is 2. The van der Waals surface area contributed by atoms with Crippen LogP contribution in [0.4, 0.5) is 0 Å². The molecule has 2 aromatic rings. The summed E-state index contributed by atoms with van der Waals surface area (Å²) in [4.78, 5) is 27.4. The summed E-state index contributed by atoms with van der Waals surface area (Å²) < 4.78 is 10.7. The van der Waals surface area contributed by atoms with E-state index < -0.39 is 5.41 Å². The molecule has 6 heteroatoms. The highest BCUT2D eigenvalue weighted by Gasteiger charge is 2.39. The van der Waals surface area contributed by atoms with Crippen LogP contribution in [0.5, 0.6) is 11.5 Å². The first-order valence-electron chi connectivity index (χ1n) is 9.83. The third kappa shape index (κ3) is 4.88. The quantitative estimate of drug-likeness (QED) is 0.577. The predicted molar refractivity (Wildman–Crippen MR) is 111 cm³/mol. The minimum atomic E-state index is -1.13. The maximum Gasteiger partial charge on any atom is 0.238 e. The molecule has 0 saturated heterocycles. The van der Waals surface area contributed by atoms with Gasteiger partial charge >= 0.3 is 0 Å². The molecule has 0 radical (unpaired) electrons. The Labute approximate surface area is 171 Å². The molecular weight excluding hydrogens is 368 g/mol. The van der Waals surface area contributed by atoms with Crippen molar-refractivity contribution in [1.29, 1.82) is 0 Å². The van der Waals surface area contributed by atoms with E-state index in [4.69, 9.17) is 9.47 Å². The van der Waals surface area contributed by atoms with E-state index in [0.717, 1.165) is 17.7 Å². The van der Waals surface area contributed by atoms with Crippen LogP contribution in [0.2, 0.25) is 0 Å². The first kappa shape index (κ1) is 20.7. The molecule has 1 N–H and O–H groups in total. The Morgan fingerprint density at radius 3 is 2.38 bits per heavy atom. The molecule has 0 spiro atoms. The van der Waals surface area contributed by atoms with Crippen LogP contribution < -0.4 is 14.8 Å². The molecule has 0 unspecified atom stereocenters. The van der Waals surface area contributed by atoms with Gasteiger partial charge in [-0.15, -0.1) is 0 Å². The number of carbonyl (C=O) groups is 2. The normalized spacial score (nSPS) is 13.4. The fraction of sp³-hybridized carbons (Fsp3) is 0.391. The van der Waals surface area contributed by atoms with Gasteiger partial charge in [-0.1, -0.05) is 24.3 Å². The zero-order chi connectivity index (χ0) is 20.9. The van der Waals surface area contributed by atoms with E-state index in [1.54, 1.807) is 25.9 Å². The topological polar surface area (TPSA) is 67.9 Å². The number of ether oxygens (including phenoxy) is 2. The summed E-state index contributed by atoms with van der Waals surface area (Å²) in [6.45, 7) is 5.17. The van der Waals surface area contributed by atoms with E-state index in [9.17, 15) is 9.59 Å². The summed E-state index contributed by atoms with van der Waals surface area (Å²) in [7, 11) is 1.61. The number of nitrogens with one attached hydrogen (secondary N) is 1. The van der Waals surface area contributed by atoms with E-state index in [1.165, 1.54) is 5.56 Å². The SMILES string of the molecule is COc1ccc(OCCNC(=O)C(C)(C)C(=O)N2CCc3ccccc3C2)cc1. The molecule has 2 amide bonds. The second-order valence-corrected chi connectivity index (χ2v) is 7.65. The Kier molecular flexibility index (Phi) is 6.42. The van der Waals surface area contributed by atoms with Crippen LogP contribution in [0.1, 0.15) is 25.0 Å². The highest BCUT2D eigenvalue weighted by molar-refractivity contribution is 6.04. The van der Waals surface area contributed by atoms with Gasteiger partial charge in [0.1, 0.15) is 23.5 Å². The van der Waals surface area contributed by atoms with Gasteiger partial charge < -0.3 is 19.7 Å². The molecule has 3 rings (SSSR count). The van der Waals surface area contributed by atoms with Crippen LogP contribution in [0.3, 0.4) is 0 Å². The van der Waals surface area contributed by atoms with E-state index in [1.807, 2.05) is 42.5 Å². The second kappa shape index (κ2) is 8.99. The summed E-state index contributed by atoms with van der Waals surface area (Å²) >= 11 is 0. The monoisotopic (exact) mass is 396 g/mol. The van der Waals surface area contributed by atoms with Crippen molar-refractivity contribution in [2.24, 2.45) is 5.41 Å². The zero-order valence-electron chi connectivity index (χ0n) is 17.2. The minimum absolute atomic E-state index is 0.152. The van der Waals surface area contributed by atoms with Crippen molar-refractivity contribution in [3.05, 3.63) is 59.7 Å². The largest absolute Gasteiger partial charge is 0.497 e. The fourth-order valence-corrected chi connectivity index (χ4v) is 3.39. The number of fused-ring (bicyclic) bond motifs is 1. The average Bonchev–Trinajstić information content (AvgIpc) is 2.76. The van der Waals surface area contributed by atoms with Gasteiger partial charge in [-0.3, -0.25) is 9.59 Å². The van der Waals surface area contributed by atoms with Crippen LogP contribution in [0, 0.1) is 5.41 Å². The number of nitrogens with zero attached hydrogens (tertiary/aromatic N) is 1. The summed E-state index contributed by atoms with van der Waals surface area (Å²) in [5.74, 6) is 1.01. The number of rotatable bonds is 7. The van der Waals surface area contributed by atoms with Gasteiger partial charge in [0.05, 0.1) is 13.7 Å². The van der Waals surface area contributed by atoms with Gasteiger partial charge in [-0.05, 0) is 55.7 Å². The van der Waals surface area contributed by atoms with Crippen LogP contribution in [0.15, 0.2) is 48.5 Å². The zero-order valence-corrected chi connectivity index (χ0v) is 17.2. The average molecular weight is 396 g/mol. The lowest BCUT2D eigenvalue weighted by Crippen LogP contribution is -2.51. The van der Waals surface area contributed by atoms with Crippen molar-refractivity contribution >= 4 is 11.8 Å². The fourth-order valence-electron chi connectivity index (χ4n) is 3.39. The smallest absolute Gasteiger partial charge is 0.238 e. The summed E-state index contributed by atoms with van der Waals surface area (Å²) in [5, 5.41) is 2.82. The molecule has 1 aliphatic heterocycles. The van der Waals surface area contributed by atoms with Crippen molar-refractivity contribution in [1.82, 2.24) is 10.2 Å². The molecule has 0 saturated carbocycles. The molecule has 29 heavy (non-hydrogen) atoms. The van der Waals surface area contributed by atoms with Crippen molar-refractivity contribution < 1.29 is 19.1 Å². The first-order valence-corrected chi connectivity index (χ1v) is 9.83. The summed E-state index contributed by atoms with van der Waals surface area (Å²) in [6.07, 6.45) is 0.815. The molecule has 154 valence electrons. The molecule has 0 aliphatic carbocycles. The minimum Gasteiger partial charge on any atom is -0.497 e. The molecule has 0 bridgehead atoms. The Bertz CT molecular complexity index is 861. The number of hydrogen-bond donors (Lipinski definition) is 1. The molecule has 2 aromatic carbocycles. The molecule has 1 aliphatic rings. The molecule has 0 atom stereocenters. The van der Waals surface area contributed by atoms with Gasteiger partial charge in [0.25, 0.3) is 0 Å². The van der Waals surface area contributed by atoms with Gasteiger partial charge in [-0.25, -0.2) is 0 Å². The van der Waals surface area contributed by atoms with Gasteiger partial charge in [0.15, 0.2) is 0 Å². The lowest BCUT2D eigenvalue weighted by Gasteiger charge is -2.34. The molecule has 0 fully saturated rings. The van der Waals surface area contributed by atoms with Crippen molar-refractivity contribution in [2.75, 3.05) is 26.8 Å². The van der Waals surface area contributed by atoms with Crippen molar-refractivity contribution in [3.8, 4) is 11.5 Å². The number of methoxy groups -OCH3 is 1. The molecule has 0 aromatic heterocycles. The predicted octanol–water partition coefficient (Wildman–Crippen LogP) is 2.80. The van der Waals surface area contributed by atoms with E-state index in [2.05, 4.69) is 11.4 Å². The van der Waals surface area contributed by atoms with Crippen molar-refractivity contribution in [2.45, 2.75) is 26.8 Å². The Hall–Kier alpha value is -3.02. The van der Waals surface area contributed by atoms with Crippen molar-refractivity contribution in [3.63, 3.8) is 0 Å². The molecule has 1 heterocycles. The third-order valence-electron chi connectivity index (χ3n) is 5.24. The summed E-state index contributed by atoms with van der Waals surface area (Å²) in [6, 6.07) is 15.4. The van der Waals surface area contributed by atoms with Crippen LogP contribution in [-0.2, 0) is 22.6 Å². The highest BCUT2D eigenvalue weighted by atomic mass is 16.5. The van der Waals surface area contributed by atoms with Gasteiger partial charge in [0, 0.05) is 13.1 Å². The first-order chi connectivity index (χ1) is 13.9. The Morgan fingerprint density at radius 1 is 1.03 bits per heavy atom. The van der Waals surface area contributed by atoms with E-state index >= 15 is 0 Å². The lowest BCUT2D eigenvalue weighted by molar-refractivity contribution is -0.149. The Morgan fingerprint density at radius 2 is 1.69 bits per heavy atom. The van der Waals surface area contributed by atoms with Gasteiger partial charge in [-0.2, -0.15) is 0 Å². The number of hydrogen-bond acceptors (Lipinski definition) is 4. The maximum absolute atomic E-state index is 13.0. The second-order valence-electron chi connectivity index (χ2n) is 7.65.